The smallest absolute Gasteiger partial charge is 0.255 e. The number of ether oxygens (including phenoxy) is 1. The molecule has 7 heteroatoms. The van der Waals surface area contributed by atoms with Crippen LogP contribution in [0.25, 0.3) is 0 Å². The van der Waals surface area contributed by atoms with Gasteiger partial charge < -0.3 is 15.0 Å². The molecule has 1 aliphatic carbocycles. The van der Waals surface area contributed by atoms with Crippen molar-refractivity contribution in [1.82, 2.24) is 20.2 Å². The zero-order valence-electron chi connectivity index (χ0n) is 17.1. The van der Waals surface area contributed by atoms with Gasteiger partial charge in [0.15, 0.2) is 0 Å². The molecule has 29 heavy (non-hydrogen) atoms. The van der Waals surface area contributed by atoms with E-state index in [4.69, 9.17) is 4.74 Å². The number of carbonyl (C=O) groups is 2. The summed E-state index contributed by atoms with van der Waals surface area (Å²) in [6.07, 6.45) is 6.01. The third kappa shape index (κ3) is 3.95. The van der Waals surface area contributed by atoms with E-state index in [9.17, 15) is 9.59 Å². The first-order chi connectivity index (χ1) is 14.0. The second kappa shape index (κ2) is 7.81. The highest BCUT2D eigenvalue weighted by atomic mass is 16.5. The zero-order valence-corrected chi connectivity index (χ0v) is 17.1. The highest BCUT2D eigenvalue weighted by Gasteiger charge is 2.34. The number of hydrogen-bond acceptors (Lipinski definition) is 5. The van der Waals surface area contributed by atoms with Gasteiger partial charge in [-0.2, -0.15) is 0 Å². The lowest BCUT2D eigenvalue weighted by atomic mass is 10.1. The molecule has 1 saturated carbocycles. The molecule has 0 saturated heterocycles. The number of aryl methyl sites for hydroxylation is 1. The van der Waals surface area contributed by atoms with Gasteiger partial charge in [-0.3, -0.25) is 19.6 Å². The first-order valence-corrected chi connectivity index (χ1v) is 10.1. The van der Waals surface area contributed by atoms with Crippen molar-refractivity contribution in [2.75, 3.05) is 13.7 Å². The fourth-order valence-corrected chi connectivity index (χ4v) is 3.61. The lowest BCUT2D eigenvalue weighted by Crippen LogP contribution is -2.28. The van der Waals surface area contributed by atoms with Crippen molar-refractivity contribution >= 4 is 11.8 Å². The lowest BCUT2D eigenvalue weighted by molar-refractivity contribution is -0.120. The minimum Gasteiger partial charge on any atom is -0.491 e. The summed E-state index contributed by atoms with van der Waals surface area (Å²) in [7, 11) is 1.59. The molecule has 3 heterocycles. The first-order valence-electron chi connectivity index (χ1n) is 10.1. The zero-order chi connectivity index (χ0) is 20.5. The predicted molar refractivity (Wildman–Crippen MR) is 107 cm³/mol. The normalized spacial score (nSPS) is 16.5. The SMILES string of the molecule is CNC(=O)Cc1nccc2c1CN(C(C)c1cc(C)c(OCC3CC3)cn1)C2=O. The van der Waals surface area contributed by atoms with E-state index in [2.05, 4.69) is 15.3 Å². The summed E-state index contributed by atoms with van der Waals surface area (Å²) in [4.78, 5) is 35.5. The molecule has 2 aliphatic rings. The second-order valence-electron chi connectivity index (χ2n) is 7.87. The fourth-order valence-electron chi connectivity index (χ4n) is 3.61. The van der Waals surface area contributed by atoms with Crippen LogP contribution in [0, 0.1) is 12.8 Å². The molecule has 1 atom stereocenters. The average molecular weight is 394 g/mol. The monoisotopic (exact) mass is 394 g/mol. The molecule has 152 valence electrons. The van der Waals surface area contributed by atoms with Gasteiger partial charge in [-0.25, -0.2) is 0 Å². The molecule has 0 radical (unpaired) electrons. The summed E-state index contributed by atoms with van der Waals surface area (Å²) in [6, 6.07) is 3.52. The Labute approximate surface area is 170 Å². The summed E-state index contributed by atoms with van der Waals surface area (Å²) in [5, 5.41) is 2.61. The van der Waals surface area contributed by atoms with Crippen LogP contribution in [0.1, 0.15) is 58.7 Å². The average Bonchev–Trinajstić information content (AvgIpc) is 3.49. The van der Waals surface area contributed by atoms with Crippen LogP contribution < -0.4 is 10.1 Å². The third-order valence-corrected chi connectivity index (χ3v) is 5.72. The summed E-state index contributed by atoms with van der Waals surface area (Å²) >= 11 is 0. The Morgan fingerprint density at radius 2 is 2.17 bits per heavy atom. The molecule has 4 rings (SSSR count). The summed E-state index contributed by atoms with van der Waals surface area (Å²) in [5.74, 6) is 1.32. The van der Waals surface area contributed by atoms with Gasteiger partial charge in [-0.15, -0.1) is 0 Å². The molecule has 0 aromatic carbocycles. The number of hydrogen-bond donors (Lipinski definition) is 1. The van der Waals surface area contributed by atoms with Gasteiger partial charge in [-0.05, 0) is 50.3 Å². The second-order valence-corrected chi connectivity index (χ2v) is 7.87. The van der Waals surface area contributed by atoms with Crippen molar-refractivity contribution in [1.29, 1.82) is 0 Å². The first kappa shape index (κ1) is 19.4. The summed E-state index contributed by atoms with van der Waals surface area (Å²) in [6.45, 7) is 5.16. The highest BCUT2D eigenvalue weighted by molar-refractivity contribution is 5.99. The van der Waals surface area contributed by atoms with Gasteiger partial charge in [-0.1, -0.05) is 0 Å². The Morgan fingerprint density at radius 1 is 1.38 bits per heavy atom. The van der Waals surface area contributed by atoms with E-state index >= 15 is 0 Å². The van der Waals surface area contributed by atoms with Crippen molar-refractivity contribution in [3.63, 3.8) is 0 Å². The summed E-state index contributed by atoms with van der Waals surface area (Å²) < 4.78 is 5.87. The maximum Gasteiger partial charge on any atom is 0.255 e. The molecule has 1 N–H and O–H groups in total. The number of pyridine rings is 2. The minimum absolute atomic E-state index is 0.0541. The molecule has 1 unspecified atom stereocenters. The Morgan fingerprint density at radius 3 is 2.86 bits per heavy atom. The minimum atomic E-state index is -0.195. The molecule has 7 nitrogen and oxygen atoms in total. The van der Waals surface area contributed by atoms with Crippen LogP contribution in [0.5, 0.6) is 5.75 Å². The van der Waals surface area contributed by atoms with Gasteiger partial charge in [0.1, 0.15) is 5.75 Å². The summed E-state index contributed by atoms with van der Waals surface area (Å²) in [5.41, 5.74) is 3.94. The van der Waals surface area contributed by atoms with Crippen molar-refractivity contribution in [2.24, 2.45) is 5.92 Å². The van der Waals surface area contributed by atoms with Crippen molar-refractivity contribution in [3.8, 4) is 5.75 Å². The van der Waals surface area contributed by atoms with Crippen LogP contribution in [-0.2, 0) is 17.8 Å². The number of aromatic nitrogens is 2. The molecule has 1 aliphatic heterocycles. The molecule has 1 fully saturated rings. The maximum atomic E-state index is 13.0. The van der Waals surface area contributed by atoms with E-state index in [1.165, 1.54) is 12.8 Å². The van der Waals surface area contributed by atoms with Crippen LogP contribution in [-0.4, -0.2) is 40.3 Å². The van der Waals surface area contributed by atoms with Crippen LogP contribution in [0.15, 0.2) is 24.5 Å². The van der Waals surface area contributed by atoms with Gasteiger partial charge in [0.2, 0.25) is 5.91 Å². The van der Waals surface area contributed by atoms with E-state index in [-0.39, 0.29) is 24.3 Å². The fraction of sp³-hybridized carbons (Fsp3) is 0.455. The van der Waals surface area contributed by atoms with Gasteiger partial charge in [0.05, 0.1) is 36.7 Å². The number of nitrogens with one attached hydrogen (secondary N) is 1. The lowest BCUT2D eigenvalue weighted by Gasteiger charge is -2.24. The van der Waals surface area contributed by atoms with Crippen LogP contribution in [0.3, 0.4) is 0 Å². The van der Waals surface area contributed by atoms with Gasteiger partial charge in [0.25, 0.3) is 5.91 Å². The number of fused-ring (bicyclic) bond motifs is 1. The van der Waals surface area contributed by atoms with E-state index in [0.29, 0.717) is 23.7 Å². The predicted octanol–water partition coefficient (Wildman–Crippen LogP) is 2.58. The third-order valence-electron chi connectivity index (χ3n) is 5.72. The number of nitrogens with zero attached hydrogens (tertiary/aromatic N) is 3. The van der Waals surface area contributed by atoms with Crippen molar-refractivity contribution < 1.29 is 14.3 Å². The highest BCUT2D eigenvalue weighted by Crippen LogP contribution is 2.34. The Balaban J connectivity index is 1.52. The Kier molecular flexibility index (Phi) is 5.22. The van der Waals surface area contributed by atoms with E-state index < -0.39 is 0 Å². The molecular formula is C22H26N4O3. The number of likely N-dealkylation sites (N-methyl/N-ethyl adjacent to an activating group) is 1. The van der Waals surface area contributed by atoms with Crippen LogP contribution in [0.4, 0.5) is 0 Å². The molecule has 0 spiro atoms. The van der Waals surface area contributed by atoms with Gasteiger partial charge >= 0.3 is 0 Å². The van der Waals surface area contributed by atoms with Crippen molar-refractivity contribution in [2.45, 2.75) is 45.7 Å². The van der Waals surface area contributed by atoms with E-state index in [1.54, 1.807) is 30.4 Å². The molecule has 2 aromatic rings. The van der Waals surface area contributed by atoms with Gasteiger partial charge in [0, 0.05) is 30.9 Å². The number of carbonyl (C=O) groups excluding carboxylic acids is 2. The van der Waals surface area contributed by atoms with E-state index in [1.807, 2.05) is 19.9 Å². The largest absolute Gasteiger partial charge is 0.491 e. The quantitative estimate of drug-likeness (QED) is 0.780. The topological polar surface area (TPSA) is 84.4 Å². The molecular weight excluding hydrogens is 368 g/mol. The number of amides is 2. The Hall–Kier alpha value is -2.96. The molecule has 2 amide bonds. The number of rotatable bonds is 7. The maximum absolute atomic E-state index is 13.0. The Bertz CT molecular complexity index is 955. The van der Waals surface area contributed by atoms with Crippen LogP contribution in [0.2, 0.25) is 0 Å². The standard InChI is InChI=1S/C22H26N4O3/c1-13-8-18(25-10-20(13)29-12-15-4-5-15)14(2)26-11-17-16(22(26)28)6-7-24-19(17)9-21(27)23-3/h6-8,10,14-15H,4-5,9,11-12H2,1-3H3,(H,23,27). The molecule has 0 bridgehead atoms. The van der Waals surface area contributed by atoms with E-state index in [0.717, 1.165) is 29.2 Å². The van der Waals surface area contributed by atoms with Crippen molar-refractivity contribution in [3.05, 3.63) is 52.6 Å². The van der Waals surface area contributed by atoms with Crippen LogP contribution >= 0.6 is 0 Å². The molecule has 2 aromatic heterocycles.